The molecule has 0 bridgehead atoms. The van der Waals surface area contributed by atoms with Crippen LogP contribution in [-0.4, -0.2) is 20.4 Å². The van der Waals surface area contributed by atoms with Crippen molar-refractivity contribution in [3.05, 3.63) is 0 Å². The molecule has 0 heterocycles. The molecule has 0 saturated carbocycles. The van der Waals surface area contributed by atoms with E-state index in [0.717, 1.165) is 0 Å². The summed E-state index contributed by atoms with van der Waals surface area (Å²) in [5, 5.41) is 0. The molecule has 0 aliphatic carbocycles. The zero-order valence-corrected chi connectivity index (χ0v) is 12.2. The van der Waals surface area contributed by atoms with E-state index >= 15 is 0 Å². The van der Waals surface area contributed by atoms with E-state index < -0.39 is 0 Å². The SMILES string of the molecule is C=O.C=O.C=O.CCC.[H+].[H+].[Ti].[Ti].[Ti]. The minimum absolute atomic E-state index is 0. The van der Waals surface area contributed by atoms with Crippen molar-refractivity contribution in [2.75, 3.05) is 0 Å². The molecule has 6 heteroatoms. The van der Waals surface area contributed by atoms with Crippen molar-refractivity contribution in [1.29, 1.82) is 0 Å². The summed E-state index contributed by atoms with van der Waals surface area (Å²) in [5.74, 6) is 0. The van der Waals surface area contributed by atoms with E-state index in [-0.39, 0.29) is 68.0 Å². The summed E-state index contributed by atoms with van der Waals surface area (Å²) in [7, 11) is 0. The fourth-order valence-electron chi connectivity index (χ4n) is 0. The van der Waals surface area contributed by atoms with Crippen molar-refractivity contribution < 1.29 is 82.4 Å². The summed E-state index contributed by atoms with van der Waals surface area (Å²) >= 11 is 0. The van der Waals surface area contributed by atoms with E-state index in [1.807, 2.05) is 20.4 Å². The van der Waals surface area contributed by atoms with Crippen LogP contribution in [0.25, 0.3) is 0 Å². The van der Waals surface area contributed by atoms with E-state index in [2.05, 4.69) is 13.8 Å². The second kappa shape index (κ2) is 326. The monoisotopic (exact) mass is 280 g/mol. The van der Waals surface area contributed by atoms with Gasteiger partial charge in [0, 0.05) is 65.2 Å². The van der Waals surface area contributed by atoms with Crippen molar-refractivity contribution in [1.82, 2.24) is 0 Å². The van der Waals surface area contributed by atoms with Gasteiger partial charge in [-0.05, 0) is 0 Å². The zero-order valence-electron chi connectivity index (χ0n) is 9.55. The summed E-state index contributed by atoms with van der Waals surface area (Å²) in [5.41, 5.74) is 0. The first-order valence-electron chi connectivity index (χ1n) is 2.28. The van der Waals surface area contributed by atoms with Gasteiger partial charge in [0.05, 0.1) is 0 Å². The Bertz CT molecular complexity index is 37.5. The molecule has 0 aromatic heterocycles. The number of hydrogen-bond donors (Lipinski definition) is 0. The molecule has 3 nitrogen and oxygen atoms in total. The Labute approximate surface area is 122 Å². The molecule has 12 heavy (non-hydrogen) atoms. The maximum absolute atomic E-state index is 8.00. The maximum atomic E-state index is 8.00. The predicted molar refractivity (Wildman–Crippen MR) is 39.6 cm³/mol. The standard InChI is InChI=1S/C3H8.3CH2O.3Ti/c1-3-2;3*1-2;;;/h3H2,1-2H3;3*1H2;;;/p+2. The van der Waals surface area contributed by atoms with Gasteiger partial charge in [0.1, 0.15) is 20.4 Å². The first kappa shape index (κ1) is 51.3. The largest absolute Gasteiger partial charge is 1.00 e. The van der Waals surface area contributed by atoms with Crippen LogP contribution in [-0.2, 0) is 79.5 Å². The van der Waals surface area contributed by atoms with Crippen LogP contribution >= 0.6 is 0 Å². The van der Waals surface area contributed by atoms with Crippen LogP contribution in [0, 0.1) is 0 Å². The Morgan fingerprint density at radius 3 is 0.750 bits per heavy atom. The topological polar surface area (TPSA) is 51.2 Å². The van der Waals surface area contributed by atoms with Gasteiger partial charge in [0.2, 0.25) is 0 Å². The van der Waals surface area contributed by atoms with Gasteiger partial charge >= 0.3 is 2.85 Å². The van der Waals surface area contributed by atoms with Gasteiger partial charge in [-0.1, -0.05) is 20.3 Å². The van der Waals surface area contributed by atoms with Crippen molar-refractivity contribution in [3.63, 3.8) is 0 Å². The minimum atomic E-state index is 0. The second-order valence-corrected chi connectivity index (χ2v) is 0.707. The van der Waals surface area contributed by atoms with Crippen LogP contribution < -0.4 is 0 Å². The molecule has 68 valence electrons. The summed E-state index contributed by atoms with van der Waals surface area (Å²) in [6.07, 6.45) is 1.25. The molecule has 0 fully saturated rings. The molecule has 0 aromatic rings. The molecule has 0 aliphatic rings. The Morgan fingerprint density at radius 1 is 0.750 bits per heavy atom. The first-order chi connectivity index (χ1) is 4.41. The summed E-state index contributed by atoms with van der Waals surface area (Å²) < 4.78 is 0. The normalized spacial score (nSPS) is 2.50. The number of rotatable bonds is 0. The molecule has 0 N–H and O–H groups in total. The molecular weight excluding hydrogens is 264 g/mol. The van der Waals surface area contributed by atoms with Gasteiger partial charge < -0.3 is 14.4 Å². The van der Waals surface area contributed by atoms with Crippen molar-refractivity contribution in [3.8, 4) is 0 Å². The average molecular weight is 280 g/mol. The van der Waals surface area contributed by atoms with Crippen LogP contribution in [0.15, 0.2) is 0 Å². The Morgan fingerprint density at radius 2 is 0.750 bits per heavy atom. The number of carbonyl (C=O) groups excluding carboxylic acids is 3. The molecule has 0 spiro atoms. The second-order valence-electron chi connectivity index (χ2n) is 0.707. The van der Waals surface area contributed by atoms with Crippen molar-refractivity contribution in [2.45, 2.75) is 20.3 Å². The van der Waals surface area contributed by atoms with Crippen LogP contribution in [0.4, 0.5) is 0 Å². The minimum Gasteiger partial charge on any atom is -0.307 e. The molecule has 0 atom stereocenters. The van der Waals surface area contributed by atoms with E-state index in [0.29, 0.717) is 0 Å². The van der Waals surface area contributed by atoms with Crippen LogP contribution in [0.1, 0.15) is 23.1 Å². The Kier molecular flexibility index (Phi) is 1390. The fourth-order valence-corrected chi connectivity index (χ4v) is 0. The average Bonchev–Trinajstić information content (AvgIpc) is 2.01. The van der Waals surface area contributed by atoms with Crippen LogP contribution in [0.2, 0.25) is 0 Å². The van der Waals surface area contributed by atoms with Gasteiger partial charge in [0.25, 0.3) is 0 Å². The summed E-state index contributed by atoms with van der Waals surface area (Å²) in [6.45, 7) is 10.2. The molecule has 0 unspecified atom stereocenters. The third kappa shape index (κ3) is 865. The Hall–Kier alpha value is 1.15. The van der Waals surface area contributed by atoms with Crippen molar-refractivity contribution in [2.24, 2.45) is 0 Å². The van der Waals surface area contributed by atoms with Gasteiger partial charge in [-0.3, -0.25) is 0 Å². The summed E-state index contributed by atoms with van der Waals surface area (Å²) in [4.78, 5) is 24.0. The molecule has 0 aromatic carbocycles. The third-order valence-electron chi connectivity index (χ3n) is 0. The molecule has 0 aliphatic heterocycles. The quantitative estimate of drug-likeness (QED) is 0.624. The maximum Gasteiger partial charge on any atom is 1.00 e. The molecule has 0 saturated heterocycles. The van der Waals surface area contributed by atoms with Gasteiger partial charge in [-0.2, -0.15) is 0 Å². The van der Waals surface area contributed by atoms with Gasteiger partial charge in [-0.25, -0.2) is 0 Å². The van der Waals surface area contributed by atoms with E-state index in [1.165, 1.54) is 6.42 Å². The van der Waals surface area contributed by atoms with Crippen molar-refractivity contribution >= 4 is 20.4 Å². The van der Waals surface area contributed by atoms with Crippen LogP contribution in [0.3, 0.4) is 0 Å². The molecular formula is C6H16O3Ti3+2. The smallest absolute Gasteiger partial charge is 0.307 e. The van der Waals surface area contributed by atoms with Gasteiger partial charge in [0.15, 0.2) is 0 Å². The number of carbonyl (C=O) groups is 3. The number of hydrogen-bond acceptors (Lipinski definition) is 3. The summed E-state index contributed by atoms with van der Waals surface area (Å²) in [6, 6.07) is 0. The van der Waals surface area contributed by atoms with Crippen LogP contribution in [0.5, 0.6) is 0 Å². The third-order valence-corrected chi connectivity index (χ3v) is 0. The molecule has 0 rings (SSSR count). The fraction of sp³-hybridized carbons (Fsp3) is 0.500. The predicted octanol–water partition coefficient (Wildman–Crippen LogP) is 1.08. The Balaban J connectivity index is -0.00000000308. The van der Waals surface area contributed by atoms with E-state index in [1.54, 1.807) is 0 Å². The zero-order chi connectivity index (χ0) is 8.71. The van der Waals surface area contributed by atoms with Gasteiger partial charge in [-0.15, -0.1) is 0 Å². The van der Waals surface area contributed by atoms with E-state index in [9.17, 15) is 0 Å². The first-order valence-corrected chi connectivity index (χ1v) is 2.28. The van der Waals surface area contributed by atoms with E-state index in [4.69, 9.17) is 14.4 Å². The molecule has 0 radical (unpaired) electrons. The molecule has 0 amide bonds.